The number of hydrogen-bond donors (Lipinski definition) is 2. The van der Waals surface area contributed by atoms with E-state index in [0.29, 0.717) is 6.61 Å². The standard InChI is InChI=1S/C11H25N3O3S.HI/c1-9(8-17-5)14-10(12)13-6-7-18(15,16)11(2,3)4;/h9H,6-8H2,1-5H3,(H3,12,13,14);1H. The lowest BCUT2D eigenvalue weighted by Gasteiger charge is -2.18. The van der Waals surface area contributed by atoms with Crippen LogP contribution in [-0.4, -0.2) is 51.2 Å². The van der Waals surface area contributed by atoms with Crippen molar-refractivity contribution in [2.45, 2.75) is 38.5 Å². The van der Waals surface area contributed by atoms with Gasteiger partial charge in [0.25, 0.3) is 0 Å². The minimum absolute atomic E-state index is 0. The van der Waals surface area contributed by atoms with Gasteiger partial charge in [-0.2, -0.15) is 0 Å². The molecule has 6 nitrogen and oxygen atoms in total. The summed E-state index contributed by atoms with van der Waals surface area (Å²) in [6.07, 6.45) is 0. The maximum absolute atomic E-state index is 11.8. The molecule has 3 N–H and O–H groups in total. The van der Waals surface area contributed by atoms with Crippen molar-refractivity contribution in [1.29, 1.82) is 0 Å². The van der Waals surface area contributed by atoms with E-state index in [4.69, 9.17) is 10.5 Å². The van der Waals surface area contributed by atoms with Crippen molar-refractivity contribution >= 4 is 39.8 Å². The van der Waals surface area contributed by atoms with Gasteiger partial charge in [-0.1, -0.05) is 0 Å². The molecule has 0 saturated heterocycles. The molecule has 0 aliphatic heterocycles. The lowest BCUT2D eigenvalue weighted by Crippen LogP contribution is -2.41. The summed E-state index contributed by atoms with van der Waals surface area (Å²) in [5.74, 6) is 0.237. The molecule has 1 atom stereocenters. The van der Waals surface area contributed by atoms with E-state index in [1.165, 1.54) is 0 Å². The van der Waals surface area contributed by atoms with Crippen LogP contribution >= 0.6 is 24.0 Å². The number of nitrogens with zero attached hydrogens (tertiary/aromatic N) is 1. The topological polar surface area (TPSA) is 93.8 Å². The number of halogens is 1. The van der Waals surface area contributed by atoms with E-state index >= 15 is 0 Å². The van der Waals surface area contributed by atoms with Crippen LogP contribution < -0.4 is 11.1 Å². The fraction of sp³-hybridized carbons (Fsp3) is 0.909. The van der Waals surface area contributed by atoms with Crippen LogP contribution in [0.25, 0.3) is 0 Å². The SMILES string of the molecule is COCC(C)NC(N)=NCCS(=O)(=O)C(C)(C)C.I. The first kappa shape index (κ1) is 21.2. The van der Waals surface area contributed by atoms with Gasteiger partial charge in [-0.15, -0.1) is 24.0 Å². The van der Waals surface area contributed by atoms with Crippen molar-refractivity contribution in [3.8, 4) is 0 Å². The van der Waals surface area contributed by atoms with E-state index in [9.17, 15) is 8.42 Å². The number of rotatable bonds is 6. The summed E-state index contributed by atoms with van der Waals surface area (Å²) in [6.45, 7) is 7.60. The highest BCUT2D eigenvalue weighted by atomic mass is 127. The molecule has 116 valence electrons. The highest BCUT2D eigenvalue weighted by molar-refractivity contribution is 14.0. The summed E-state index contributed by atoms with van der Waals surface area (Å²) in [5, 5.41) is 2.91. The Labute approximate surface area is 133 Å². The van der Waals surface area contributed by atoms with Gasteiger partial charge >= 0.3 is 0 Å². The fourth-order valence-corrected chi connectivity index (χ4v) is 2.13. The predicted molar refractivity (Wildman–Crippen MR) is 89.9 cm³/mol. The summed E-state index contributed by atoms with van der Waals surface area (Å²) in [6, 6.07) is 0.0398. The molecular formula is C11H26IN3O3S. The van der Waals surface area contributed by atoms with Crippen molar-refractivity contribution in [3.05, 3.63) is 0 Å². The second-order valence-electron chi connectivity index (χ2n) is 5.20. The lowest BCUT2D eigenvalue weighted by molar-refractivity contribution is 0.179. The minimum Gasteiger partial charge on any atom is -0.383 e. The van der Waals surface area contributed by atoms with Gasteiger partial charge in [-0.05, 0) is 27.7 Å². The third kappa shape index (κ3) is 8.64. The number of guanidine groups is 1. The molecule has 0 aliphatic carbocycles. The van der Waals surface area contributed by atoms with Crippen LogP contribution in [0.15, 0.2) is 4.99 Å². The van der Waals surface area contributed by atoms with E-state index in [-0.39, 0.29) is 48.3 Å². The molecule has 0 aliphatic rings. The van der Waals surface area contributed by atoms with Gasteiger partial charge < -0.3 is 15.8 Å². The summed E-state index contributed by atoms with van der Waals surface area (Å²) in [4.78, 5) is 3.99. The zero-order chi connectivity index (χ0) is 14.4. The zero-order valence-electron chi connectivity index (χ0n) is 12.3. The summed E-state index contributed by atoms with van der Waals surface area (Å²) >= 11 is 0. The number of nitrogens with two attached hydrogens (primary N) is 1. The molecule has 0 bridgehead atoms. The molecule has 0 aromatic heterocycles. The predicted octanol–water partition coefficient (Wildman–Crippen LogP) is 0.757. The Morgan fingerprint density at radius 2 is 1.95 bits per heavy atom. The number of methoxy groups -OCH3 is 1. The first-order valence-electron chi connectivity index (χ1n) is 5.88. The molecule has 0 heterocycles. The monoisotopic (exact) mass is 407 g/mol. The van der Waals surface area contributed by atoms with Crippen molar-refractivity contribution in [1.82, 2.24) is 5.32 Å². The molecule has 1 unspecified atom stereocenters. The second-order valence-corrected chi connectivity index (χ2v) is 8.06. The van der Waals surface area contributed by atoms with Crippen LogP contribution in [0.5, 0.6) is 0 Å². The average molecular weight is 407 g/mol. The van der Waals surface area contributed by atoms with Gasteiger partial charge in [0.15, 0.2) is 15.8 Å². The average Bonchev–Trinajstić information content (AvgIpc) is 2.15. The van der Waals surface area contributed by atoms with Gasteiger partial charge in [0.05, 0.1) is 23.7 Å². The van der Waals surface area contributed by atoms with Crippen molar-refractivity contribution < 1.29 is 13.2 Å². The quantitative estimate of drug-likeness (QED) is 0.385. The Bertz CT molecular complexity index is 377. The second kappa shape index (κ2) is 8.96. The third-order valence-corrected chi connectivity index (χ3v) is 4.97. The summed E-state index contributed by atoms with van der Waals surface area (Å²) in [7, 11) is -1.55. The Balaban J connectivity index is 0. The van der Waals surface area contributed by atoms with Gasteiger partial charge in [-0.3, -0.25) is 4.99 Å². The van der Waals surface area contributed by atoms with Crippen LogP contribution in [0.2, 0.25) is 0 Å². The van der Waals surface area contributed by atoms with Gasteiger partial charge in [0.2, 0.25) is 0 Å². The third-order valence-electron chi connectivity index (χ3n) is 2.39. The molecule has 0 rings (SSSR count). The minimum atomic E-state index is -3.15. The van der Waals surface area contributed by atoms with E-state index < -0.39 is 14.6 Å². The van der Waals surface area contributed by atoms with Crippen molar-refractivity contribution in [2.75, 3.05) is 26.0 Å². The number of aliphatic imine (C=N–C) groups is 1. The van der Waals surface area contributed by atoms with Crippen LogP contribution in [-0.2, 0) is 14.6 Å². The molecule has 0 saturated carbocycles. The maximum atomic E-state index is 11.8. The summed E-state index contributed by atoms with van der Waals surface area (Å²) in [5.41, 5.74) is 5.63. The first-order valence-corrected chi connectivity index (χ1v) is 7.53. The molecule has 19 heavy (non-hydrogen) atoms. The molecule has 0 fully saturated rings. The van der Waals surface area contributed by atoms with Crippen LogP contribution in [0, 0.1) is 0 Å². The Hall–Kier alpha value is -0.0900. The van der Waals surface area contributed by atoms with Crippen LogP contribution in [0.3, 0.4) is 0 Å². The van der Waals surface area contributed by atoms with Gasteiger partial charge in [0, 0.05) is 13.2 Å². The largest absolute Gasteiger partial charge is 0.383 e. The maximum Gasteiger partial charge on any atom is 0.188 e. The highest BCUT2D eigenvalue weighted by Gasteiger charge is 2.28. The smallest absolute Gasteiger partial charge is 0.188 e. The van der Waals surface area contributed by atoms with E-state index in [1.54, 1.807) is 27.9 Å². The van der Waals surface area contributed by atoms with Gasteiger partial charge in [-0.25, -0.2) is 8.42 Å². The molecule has 8 heteroatoms. The molecule has 0 spiro atoms. The van der Waals surface area contributed by atoms with Gasteiger partial charge in [0.1, 0.15) is 0 Å². The Morgan fingerprint density at radius 1 is 1.42 bits per heavy atom. The first-order chi connectivity index (χ1) is 8.10. The van der Waals surface area contributed by atoms with Crippen LogP contribution in [0.1, 0.15) is 27.7 Å². The fourth-order valence-electron chi connectivity index (χ4n) is 1.18. The highest BCUT2D eigenvalue weighted by Crippen LogP contribution is 2.15. The lowest BCUT2D eigenvalue weighted by atomic mass is 10.3. The van der Waals surface area contributed by atoms with E-state index in [0.717, 1.165) is 0 Å². The normalized spacial score (nSPS) is 14.7. The number of hydrogen-bond acceptors (Lipinski definition) is 4. The summed E-state index contributed by atoms with van der Waals surface area (Å²) < 4.78 is 27.8. The molecule has 0 aromatic rings. The molecule has 0 aromatic carbocycles. The molecule has 0 radical (unpaired) electrons. The van der Waals surface area contributed by atoms with Crippen molar-refractivity contribution in [3.63, 3.8) is 0 Å². The van der Waals surface area contributed by atoms with Crippen LogP contribution in [0.4, 0.5) is 0 Å². The Morgan fingerprint density at radius 3 is 2.37 bits per heavy atom. The van der Waals surface area contributed by atoms with E-state index in [2.05, 4.69) is 10.3 Å². The van der Waals surface area contributed by atoms with E-state index in [1.807, 2.05) is 6.92 Å². The Kier molecular flexibility index (Phi) is 10.0. The number of nitrogens with one attached hydrogen (secondary N) is 1. The molecular weight excluding hydrogens is 381 g/mol. The number of sulfone groups is 1. The zero-order valence-corrected chi connectivity index (χ0v) is 15.4. The molecule has 0 amide bonds. The number of ether oxygens (including phenoxy) is 1. The van der Waals surface area contributed by atoms with Crippen molar-refractivity contribution in [2.24, 2.45) is 10.7 Å².